The number of allylic oxidation sites excluding steroid dienone is 7. The number of hydrogen-bond donors (Lipinski definition) is 2. The lowest BCUT2D eigenvalue weighted by Crippen LogP contribution is -2.28. The van der Waals surface area contributed by atoms with Crippen molar-refractivity contribution in [2.75, 3.05) is 54.6 Å². The zero-order chi connectivity index (χ0) is 45.9. The molecule has 0 saturated carbocycles. The average Bonchev–Trinajstić information content (AvgIpc) is 3.62. The Hall–Kier alpha value is -4.58. The van der Waals surface area contributed by atoms with Gasteiger partial charge in [-0.2, -0.15) is 25.6 Å². The maximum Gasteiger partial charge on any atom is 0.305 e. The Balaban J connectivity index is 1.34. The van der Waals surface area contributed by atoms with Crippen molar-refractivity contribution >= 4 is 51.5 Å². The van der Waals surface area contributed by atoms with E-state index < -0.39 is 10.1 Å². The fraction of sp³-hybridized carbons (Fsp3) is 0.472. The van der Waals surface area contributed by atoms with Crippen LogP contribution in [0.2, 0.25) is 0 Å². The van der Waals surface area contributed by atoms with E-state index >= 15 is 0 Å². The van der Waals surface area contributed by atoms with Gasteiger partial charge in [-0.15, -0.1) is 0 Å². The summed E-state index contributed by atoms with van der Waals surface area (Å²) in [5, 5.41) is 0. The van der Waals surface area contributed by atoms with E-state index in [1.54, 1.807) is 0 Å². The molecule has 0 saturated heterocycles. The summed E-state index contributed by atoms with van der Waals surface area (Å²) in [7, 11) is -1.92. The van der Waals surface area contributed by atoms with Gasteiger partial charge in [0.15, 0.2) is 5.71 Å². The molecule has 1 N–H and O–H groups in total. The fourth-order valence-corrected chi connectivity index (χ4v) is 10.2. The van der Waals surface area contributed by atoms with Crippen LogP contribution in [0, 0.1) is 0 Å². The van der Waals surface area contributed by atoms with Crippen molar-refractivity contribution in [1.82, 2.24) is 0 Å². The molecule has 2 aliphatic heterocycles. The quantitative estimate of drug-likeness (QED) is 0.0338. The second kappa shape index (κ2) is 22.1. The van der Waals surface area contributed by atoms with E-state index in [4.69, 9.17) is 9.47 Å². The van der Waals surface area contributed by atoms with Crippen LogP contribution in [0.1, 0.15) is 116 Å². The summed E-state index contributed by atoms with van der Waals surface area (Å²) < 4.78 is 46.9. The first kappa shape index (κ1) is 48.9. The zero-order valence-corrected chi connectivity index (χ0v) is 40.7. The number of nitrogens with zero attached hydrogens (tertiary/aromatic N) is 3. The first-order valence-electron chi connectivity index (χ1n) is 23.3. The number of para-hydroxylation sites is 2. The summed E-state index contributed by atoms with van der Waals surface area (Å²) in [4.78, 5) is 16.5. The number of benzene rings is 3. The van der Waals surface area contributed by atoms with Crippen LogP contribution < -0.4 is 14.5 Å². The van der Waals surface area contributed by atoms with E-state index in [2.05, 4.69) is 159 Å². The van der Waals surface area contributed by atoms with Gasteiger partial charge >= 0.3 is 5.97 Å². The second-order valence-electron chi connectivity index (χ2n) is 18.3. The molecule has 1 aliphatic carbocycles. The summed E-state index contributed by atoms with van der Waals surface area (Å²) in [6, 6.07) is 25.6. The molecule has 11 heteroatoms. The molecule has 0 unspecified atom stereocenters. The van der Waals surface area contributed by atoms with Crippen LogP contribution in [0.15, 0.2) is 120 Å². The number of carbonyl (C=O) groups excluding carboxylic acids is 1. The average molecular weight is 909 g/mol. The molecule has 0 fully saturated rings. The Morgan fingerprint density at radius 1 is 0.859 bits per heavy atom. The maximum atomic E-state index is 11.8. The number of unbranched alkanes of at least 4 members (excludes halogenated alkanes) is 4. The first-order valence-corrected chi connectivity index (χ1v) is 25.5. The van der Waals surface area contributed by atoms with Crippen LogP contribution >= 0.6 is 12.6 Å². The number of esters is 1. The molecule has 344 valence electrons. The second-order valence-corrected chi connectivity index (χ2v) is 20.3. The molecule has 0 radical (unpaired) electrons. The van der Waals surface area contributed by atoms with Gasteiger partial charge in [-0.3, -0.25) is 9.35 Å². The van der Waals surface area contributed by atoms with E-state index in [1.165, 1.54) is 22.5 Å². The van der Waals surface area contributed by atoms with Crippen LogP contribution in [0.3, 0.4) is 0 Å². The number of rotatable bonds is 22. The summed E-state index contributed by atoms with van der Waals surface area (Å²) in [5.74, 6) is 2.15. The predicted molar refractivity (Wildman–Crippen MR) is 266 cm³/mol. The summed E-state index contributed by atoms with van der Waals surface area (Å²) in [5.41, 5.74) is 10.3. The van der Waals surface area contributed by atoms with Crippen LogP contribution in [0.25, 0.3) is 0 Å². The van der Waals surface area contributed by atoms with Crippen LogP contribution in [-0.4, -0.2) is 74.0 Å². The largest absolute Gasteiger partial charge is 0.466 e. The van der Waals surface area contributed by atoms with Gasteiger partial charge in [0.1, 0.15) is 18.1 Å². The van der Waals surface area contributed by atoms with Crippen molar-refractivity contribution < 1.29 is 31.8 Å². The predicted octanol–water partition coefficient (Wildman–Crippen LogP) is 11.7. The van der Waals surface area contributed by atoms with Gasteiger partial charge in [-0.05, 0) is 137 Å². The van der Waals surface area contributed by atoms with Crippen LogP contribution in [0.5, 0.6) is 5.75 Å². The van der Waals surface area contributed by atoms with Gasteiger partial charge in [0.05, 0.1) is 17.8 Å². The smallest absolute Gasteiger partial charge is 0.305 e. The molecule has 3 aromatic carbocycles. The van der Waals surface area contributed by atoms with E-state index in [-0.39, 0.29) is 22.6 Å². The highest BCUT2D eigenvalue weighted by molar-refractivity contribution is 7.85. The Morgan fingerprint density at radius 3 is 2.33 bits per heavy atom. The number of carbonyl (C=O) groups is 1. The lowest BCUT2D eigenvalue weighted by molar-refractivity contribution is -0.438. The highest BCUT2D eigenvalue weighted by Gasteiger charge is 2.44. The monoisotopic (exact) mass is 908 g/mol. The van der Waals surface area contributed by atoms with E-state index in [1.807, 2.05) is 6.92 Å². The molecule has 9 nitrogen and oxygen atoms in total. The first-order chi connectivity index (χ1) is 30.7. The maximum absolute atomic E-state index is 11.8. The minimum atomic E-state index is -4.02. The van der Waals surface area contributed by atoms with Crippen molar-refractivity contribution in [2.24, 2.45) is 0 Å². The van der Waals surface area contributed by atoms with Gasteiger partial charge in [0.2, 0.25) is 5.69 Å². The fourth-order valence-electron chi connectivity index (χ4n) is 9.45. The highest BCUT2D eigenvalue weighted by Crippen LogP contribution is 2.48. The molecule has 0 spiro atoms. The summed E-state index contributed by atoms with van der Waals surface area (Å²) >= 11 is 4.51. The number of fused-ring (bicyclic) bond motifs is 2. The molecule has 3 aliphatic rings. The van der Waals surface area contributed by atoms with E-state index in [0.717, 1.165) is 110 Å². The van der Waals surface area contributed by atoms with Crippen molar-refractivity contribution in [2.45, 2.75) is 116 Å². The molecular weight excluding hydrogens is 839 g/mol. The minimum Gasteiger partial charge on any atom is -0.466 e. The Kier molecular flexibility index (Phi) is 16.9. The Bertz CT molecular complexity index is 2380. The third-order valence-corrected chi connectivity index (χ3v) is 14.1. The number of ether oxygens (including phenoxy) is 2. The topological polar surface area (TPSA) is 99.4 Å². The third-order valence-electron chi connectivity index (χ3n) is 13.0. The van der Waals surface area contributed by atoms with E-state index in [9.17, 15) is 17.8 Å². The normalized spacial score (nSPS) is 18.0. The van der Waals surface area contributed by atoms with Crippen LogP contribution in [-0.2, 0) is 30.5 Å². The van der Waals surface area contributed by atoms with Gasteiger partial charge in [0.25, 0.3) is 10.1 Å². The lowest BCUT2D eigenvalue weighted by Gasteiger charge is -2.27. The van der Waals surface area contributed by atoms with Gasteiger partial charge < -0.3 is 19.3 Å². The number of anilines is 2. The van der Waals surface area contributed by atoms with Gasteiger partial charge in [-0.25, -0.2) is 0 Å². The van der Waals surface area contributed by atoms with Gasteiger partial charge in [-0.1, -0.05) is 62.7 Å². The Morgan fingerprint density at radius 2 is 1.59 bits per heavy atom. The van der Waals surface area contributed by atoms with Gasteiger partial charge in [0, 0.05) is 73.2 Å². The molecule has 0 aromatic heterocycles. The molecule has 0 bridgehead atoms. The Labute approximate surface area is 388 Å². The molecule has 6 rings (SSSR count). The highest BCUT2D eigenvalue weighted by atomic mass is 32.2. The number of hydrogen-bond acceptors (Lipinski definition) is 8. The lowest BCUT2D eigenvalue weighted by atomic mass is 9.81. The number of thiol groups is 1. The SMILES string of the molecule is CCOC(=O)CCCCCN(C)c1ccc(OC2=C(/C=C/C3=[N+](CCCCS(=O)(=O)O)c4ccccc4C3(C)C)CCC/C2=C\C=C2\N(CCCCS)c3ccccc3C2(C)C)cc1. The summed E-state index contributed by atoms with van der Waals surface area (Å²) in [6.07, 6.45) is 18.2. The third kappa shape index (κ3) is 12.0. The van der Waals surface area contributed by atoms with Crippen molar-refractivity contribution in [3.63, 3.8) is 0 Å². The van der Waals surface area contributed by atoms with Crippen molar-refractivity contribution in [3.8, 4) is 5.75 Å². The van der Waals surface area contributed by atoms with Crippen molar-refractivity contribution in [1.29, 1.82) is 0 Å². The molecule has 3 aromatic rings. The van der Waals surface area contributed by atoms with E-state index in [0.29, 0.717) is 32.4 Å². The van der Waals surface area contributed by atoms with Crippen molar-refractivity contribution in [3.05, 3.63) is 131 Å². The standard InChI is InChI=1S/C53H69N3O6S2/c1-7-61-50(57)26-9-8-14-35-54(6)42-29-31-43(32-30-42)62-51-40(27-33-48-52(2,3)44-22-10-12-24-46(44)55(48)36-15-17-38-63)20-19-21-41(51)28-34-49-53(4,5)45-23-11-13-25-47(45)56(49)37-16-18-39-64(58,59)60/h10-13,22-25,27-34H,7-9,14-21,26,35-39H2,1-6H3,(H-,58,59,60,63)/p+1. The summed E-state index contributed by atoms with van der Waals surface area (Å²) in [6.45, 7) is 13.9. The molecule has 64 heavy (non-hydrogen) atoms. The zero-order valence-electron chi connectivity index (χ0n) is 38.9. The molecule has 0 amide bonds. The molecular formula is C53H70N3O6S2+. The molecule has 2 heterocycles. The van der Waals surface area contributed by atoms with Crippen LogP contribution in [0.4, 0.5) is 17.1 Å². The molecule has 0 atom stereocenters. The minimum absolute atomic E-state index is 0.122.